The maximum atomic E-state index is 5.63. The molecule has 0 fully saturated rings. The topological polar surface area (TPSA) is 30.5 Å². The third-order valence-corrected chi connectivity index (χ3v) is 2.91. The van der Waals surface area contributed by atoms with Gasteiger partial charge in [0.1, 0.15) is 0 Å². The van der Waals surface area contributed by atoms with Crippen molar-refractivity contribution < 1.29 is 9.47 Å². The highest BCUT2D eigenvalue weighted by molar-refractivity contribution is 6.17. The first kappa shape index (κ1) is 14.1. The van der Waals surface area contributed by atoms with Crippen LogP contribution in [0.3, 0.4) is 0 Å². The van der Waals surface area contributed by atoms with Crippen LogP contribution in [-0.2, 0) is 6.54 Å². The third kappa shape index (κ3) is 4.10. The van der Waals surface area contributed by atoms with Gasteiger partial charge in [-0.3, -0.25) is 0 Å². The van der Waals surface area contributed by atoms with E-state index >= 15 is 0 Å². The van der Waals surface area contributed by atoms with Gasteiger partial charge in [0.2, 0.25) is 0 Å². The zero-order valence-corrected chi connectivity index (χ0v) is 11.4. The minimum absolute atomic E-state index is 0.692. The summed E-state index contributed by atoms with van der Waals surface area (Å²) < 4.78 is 10.5. The molecule has 0 aromatic heterocycles. The van der Waals surface area contributed by atoms with Gasteiger partial charge in [0, 0.05) is 12.4 Å². The highest BCUT2D eigenvalue weighted by atomic mass is 35.5. The number of ether oxygens (including phenoxy) is 2. The Hall–Kier alpha value is -0.930. The number of hydrogen-bond acceptors (Lipinski definition) is 3. The summed E-state index contributed by atoms with van der Waals surface area (Å²) in [5.41, 5.74) is 2.42. The van der Waals surface area contributed by atoms with E-state index in [1.165, 1.54) is 11.1 Å². The molecule has 96 valence electrons. The van der Waals surface area contributed by atoms with Gasteiger partial charge in [-0.05, 0) is 43.1 Å². The quantitative estimate of drug-likeness (QED) is 0.602. The highest BCUT2D eigenvalue weighted by Crippen LogP contribution is 2.30. The predicted octanol–water partition coefficient (Wildman–Crippen LogP) is 2.73. The fourth-order valence-corrected chi connectivity index (χ4v) is 1.76. The number of rotatable bonds is 7. The summed E-state index contributed by atoms with van der Waals surface area (Å²) >= 11 is 5.63. The van der Waals surface area contributed by atoms with Crippen LogP contribution in [0.4, 0.5) is 0 Å². The minimum atomic E-state index is 0.692. The largest absolute Gasteiger partial charge is 0.493 e. The van der Waals surface area contributed by atoms with E-state index < -0.39 is 0 Å². The molecule has 1 rings (SSSR count). The molecular formula is C13H20ClNO2. The minimum Gasteiger partial charge on any atom is -0.493 e. The number of nitrogens with one attached hydrogen (secondary N) is 1. The standard InChI is InChI=1S/C13H20ClNO2/c1-10-7-12(16-2)13(17-3)8-11(10)9-15-6-4-5-14/h7-8,15H,4-6,9H2,1-3H3. The summed E-state index contributed by atoms with van der Waals surface area (Å²) in [4.78, 5) is 0. The Morgan fingerprint density at radius 2 is 1.82 bits per heavy atom. The molecule has 0 radical (unpaired) electrons. The number of hydrogen-bond donors (Lipinski definition) is 1. The lowest BCUT2D eigenvalue weighted by Gasteiger charge is -2.13. The van der Waals surface area contributed by atoms with E-state index in [1.807, 2.05) is 12.1 Å². The van der Waals surface area contributed by atoms with Crippen molar-refractivity contribution in [3.05, 3.63) is 23.3 Å². The van der Waals surface area contributed by atoms with Crippen LogP contribution < -0.4 is 14.8 Å². The first-order valence-corrected chi connectivity index (χ1v) is 6.24. The second-order valence-corrected chi connectivity index (χ2v) is 4.23. The molecule has 0 aliphatic carbocycles. The van der Waals surface area contributed by atoms with Crippen LogP contribution >= 0.6 is 11.6 Å². The summed E-state index contributed by atoms with van der Waals surface area (Å²) in [6.07, 6.45) is 0.980. The Morgan fingerprint density at radius 1 is 1.18 bits per heavy atom. The van der Waals surface area contributed by atoms with Crippen LogP contribution in [0.2, 0.25) is 0 Å². The van der Waals surface area contributed by atoms with Gasteiger partial charge in [-0.15, -0.1) is 11.6 Å². The van der Waals surface area contributed by atoms with E-state index in [1.54, 1.807) is 14.2 Å². The first-order valence-electron chi connectivity index (χ1n) is 5.71. The number of aryl methyl sites for hydroxylation is 1. The zero-order chi connectivity index (χ0) is 12.7. The van der Waals surface area contributed by atoms with Crippen LogP contribution in [-0.4, -0.2) is 26.6 Å². The average Bonchev–Trinajstić information content (AvgIpc) is 2.35. The monoisotopic (exact) mass is 257 g/mol. The molecule has 3 nitrogen and oxygen atoms in total. The van der Waals surface area contributed by atoms with Gasteiger partial charge in [0.05, 0.1) is 14.2 Å². The molecule has 0 spiro atoms. The molecule has 0 bridgehead atoms. The van der Waals surface area contributed by atoms with E-state index in [4.69, 9.17) is 21.1 Å². The summed E-state index contributed by atoms with van der Waals surface area (Å²) in [5, 5.41) is 3.35. The second kappa shape index (κ2) is 7.41. The van der Waals surface area contributed by atoms with Gasteiger partial charge >= 0.3 is 0 Å². The SMILES string of the molecule is COc1cc(C)c(CNCCCCl)cc1OC. The van der Waals surface area contributed by atoms with Crippen LogP contribution in [0.15, 0.2) is 12.1 Å². The van der Waals surface area contributed by atoms with Crippen molar-refractivity contribution in [2.45, 2.75) is 19.9 Å². The molecule has 0 aliphatic heterocycles. The summed E-state index contributed by atoms with van der Waals surface area (Å²) in [6.45, 7) is 3.82. The highest BCUT2D eigenvalue weighted by Gasteiger charge is 2.07. The van der Waals surface area contributed by atoms with Crippen molar-refractivity contribution in [3.63, 3.8) is 0 Å². The molecule has 4 heteroatoms. The van der Waals surface area contributed by atoms with Crippen molar-refractivity contribution in [2.75, 3.05) is 26.6 Å². The van der Waals surface area contributed by atoms with Gasteiger partial charge in [-0.25, -0.2) is 0 Å². The van der Waals surface area contributed by atoms with E-state index in [0.29, 0.717) is 5.88 Å². The van der Waals surface area contributed by atoms with Gasteiger partial charge < -0.3 is 14.8 Å². The first-order chi connectivity index (χ1) is 8.22. The molecule has 0 unspecified atom stereocenters. The van der Waals surface area contributed by atoms with Crippen molar-refractivity contribution >= 4 is 11.6 Å². The fraction of sp³-hybridized carbons (Fsp3) is 0.538. The lowest BCUT2D eigenvalue weighted by molar-refractivity contribution is 0.354. The molecule has 1 aromatic carbocycles. The van der Waals surface area contributed by atoms with E-state index in [0.717, 1.165) is 31.0 Å². The molecule has 0 saturated heterocycles. The Balaban J connectivity index is 2.71. The second-order valence-electron chi connectivity index (χ2n) is 3.85. The van der Waals surface area contributed by atoms with Gasteiger partial charge in [0.15, 0.2) is 11.5 Å². The van der Waals surface area contributed by atoms with Crippen molar-refractivity contribution in [2.24, 2.45) is 0 Å². The maximum absolute atomic E-state index is 5.63. The van der Waals surface area contributed by atoms with Crippen LogP contribution in [0.1, 0.15) is 17.5 Å². The van der Waals surface area contributed by atoms with Crippen LogP contribution in [0.5, 0.6) is 11.5 Å². The van der Waals surface area contributed by atoms with Crippen molar-refractivity contribution in [3.8, 4) is 11.5 Å². The summed E-state index contributed by atoms with van der Waals surface area (Å²) in [6, 6.07) is 4.01. The van der Waals surface area contributed by atoms with E-state index in [-0.39, 0.29) is 0 Å². The normalized spacial score (nSPS) is 10.4. The Bertz CT molecular complexity index is 356. The van der Waals surface area contributed by atoms with E-state index in [9.17, 15) is 0 Å². The van der Waals surface area contributed by atoms with Gasteiger partial charge in [-0.2, -0.15) is 0 Å². The van der Waals surface area contributed by atoms with Gasteiger partial charge in [-0.1, -0.05) is 0 Å². The van der Waals surface area contributed by atoms with Gasteiger partial charge in [0.25, 0.3) is 0 Å². The number of benzene rings is 1. The lowest BCUT2D eigenvalue weighted by atomic mass is 10.1. The number of halogens is 1. The van der Waals surface area contributed by atoms with Crippen molar-refractivity contribution in [1.82, 2.24) is 5.32 Å². The summed E-state index contributed by atoms with van der Waals surface area (Å²) in [5.74, 6) is 2.24. The Kier molecular flexibility index (Phi) is 6.16. The molecule has 0 aliphatic rings. The third-order valence-electron chi connectivity index (χ3n) is 2.64. The molecule has 0 atom stereocenters. The van der Waals surface area contributed by atoms with Crippen molar-refractivity contribution in [1.29, 1.82) is 0 Å². The molecule has 0 heterocycles. The molecule has 1 N–H and O–H groups in total. The smallest absolute Gasteiger partial charge is 0.161 e. The Labute approximate surface area is 108 Å². The predicted molar refractivity (Wildman–Crippen MR) is 71.3 cm³/mol. The lowest BCUT2D eigenvalue weighted by Crippen LogP contribution is -2.15. The zero-order valence-electron chi connectivity index (χ0n) is 10.7. The number of methoxy groups -OCH3 is 2. The summed E-state index contributed by atoms with van der Waals surface area (Å²) in [7, 11) is 3.30. The van der Waals surface area contributed by atoms with Crippen LogP contribution in [0.25, 0.3) is 0 Å². The number of alkyl halides is 1. The molecule has 0 saturated carbocycles. The molecular weight excluding hydrogens is 238 g/mol. The maximum Gasteiger partial charge on any atom is 0.161 e. The molecule has 0 amide bonds. The Morgan fingerprint density at radius 3 is 2.41 bits per heavy atom. The van der Waals surface area contributed by atoms with Crippen LogP contribution in [0, 0.1) is 6.92 Å². The average molecular weight is 258 g/mol. The molecule has 1 aromatic rings. The van der Waals surface area contributed by atoms with E-state index in [2.05, 4.69) is 12.2 Å². The fourth-order valence-electron chi connectivity index (χ4n) is 1.63. The molecule has 17 heavy (non-hydrogen) atoms.